The number of methoxy groups -OCH3 is 1. The molecule has 0 aromatic rings. The van der Waals surface area contributed by atoms with Gasteiger partial charge in [-0.25, -0.2) is 0 Å². The lowest BCUT2D eigenvalue weighted by molar-refractivity contribution is -0.111. The van der Waals surface area contributed by atoms with Gasteiger partial charge < -0.3 is 9.47 Å². The van der Waals surface area contributed by atoms with Crippen LogP contribution < -0.4 is 0 Å². The second-order valence-electron chi connectivity index (χ2n) is 4.69. The zero-order chi connectivity index (χ0) is 11.6. The van der Waals surface area contributed by atoms with Gasteiger partial charge in [-0.1, -0.05) is 6.58 Å². The van der Waals surface area contributed by atoms with Crippen LogP contribution in [-0.4, -0.2) is 41.7 Å². The Balaban J connectivity index is 2.48. The van der Waals surface area contributed by atoms with E-state index in [9.17, 15) is 5.21 Å². The smallest absolute Gasteiger partial charge is 0.101 e. The van der Waals surface area contributed by atoms with E-state index in [1.54, 1.807) is 7.11 Å². The molecule has 2 unspecified atom stereocenters. The molecule has 0 amide bonds. The summed E-state index contributed by atoms with van der Waals surface area (Å²) >= 11 is 0. The Labute approximate surface area is 91.4 Å². The summed E-state index contributed by atoms with van der Waals surface area (Å²) in [6.07, 6.45) is 0.704. The number of nitrogens with zero attached hydrogens (tertiary/aromatic N) is 1. The summed E-state index contributed by atoms with van der Waals surface area (Å²) < 4.78 is 10.7. The van der Waals surface area contributed by atoms with Crippen LogP contribution >= 0.6 is 0 Å². The number of rotatable bonds is 4. The van der Waals surface area contributed by atoms with Crippen molar-refractivity contribution in [3.8, 4) is 0 Å². The molecule has 15 heavy (non-hydrogen) atoms. The maximum Gasteiger partial charge on any atom is 0.101 e. The molecule has 88 valence electrons. The largest absolute Gasteiger partial charge is 0.379 e. The minimum Gasteiger partial charge on any atom is -0.379 e. The topological polar surface area (TPSA) is 41.9 Å². The molecule has 4 heteroatoms. The predicted octanol–water partition coefficient (Wildman–Crippen LogP) is 1.79. The highest BCUT2D eigenvalue weighted by Gasteiger charge is 2.41. The normalized spacial score (nSPS) is 27.1. The van der Waals surface area contributed by atoms with Crippen LogP contribution in [0, 0.1) is 0 Å². The van der Waals surface area contributed by atoms with Gasteiger partial charge in [0.15, 0.2) is 0 Å². The van der Waals surface area contributed by atoms with Gasteiger partial charge in [0.05, 0.1) is 23.9 Å². The first-order valence-corrected chi connectivity index (χ1v) is 5.21. The molecule has 0 radical (unpaired) electrons. The molecule has 1 rings (SSSR count). The maximum atomic E-state index is 9.74. The van der Waals surface area contributed by atoms with E-state index in [-0.39, 0.29) is 17.7 Å². The summed E-state index contributed by atoms with van der Waals surface area (Å²) in [4.78, 5) is 0. The van der Waals surface area contributed by atoms with Gasteiger partial charge in [-0.2, -0.15) is 0 Å². The lowest BCUT2D eigenvalue weighted by Gasteiger charge is -2.26. The van der Waals surface area contributed by atoms with Crippen molar-refractivity contribution in [2.45, 2.75) is 44.9 Å². The first kappa shape index (κ1) is 12.5. The Morgan fingerprint density at radius 1 is 1.67 bits per heavy atom. The van der Waals surface area contributed by atoms with Crippen molar-refractivity contribution >= 4 is 0 Å². The number of hydrogen-bond acceptors (Lipinski definition) is 4. The van der Waals surface area contributed by atoms with Gasteiger partial charge in [-0.3, -0.25) is 10.3 Å². The second kappa shape index (κ2) is 4.51. The van der Waals surface area contributed by atoms with Crippen molar-refractivity contribution < 1.29 is 14.7 Å². The average molecular weight is 215 g/mol. The molecule has 0 saturated carbocycles. The molecular formula is C11H21NO3. The summed E-state index contributed by atoms with van der Waals surface area (Å²) in [6.45, 7) is 10.2. The predicted molar refractivity (Wildman–Crippen MR) is 57.7 cm³/mol. The molecule has 1 fully saturated rings. The zero-order valence-electron chi connectivity index (χ0n) is 9.99. The molecule has 0 aromatic heterocycles. The van der Waals surface area contributed by atoms with Gasteiger partial charge in [-0.15, -0.1) is 0 Å². The van der Waals surface area contributed by atoms with Gasteiger partial charge >= 0.3 is 0 Å². The van der Waals surface area contributed by atoms with E-state index in [4.69, 9.17) is 9.47 Å². The summed E-state index contributed by atoms with van der Waals surface area (Å²) in [5, 5.41) is 10.9. The van der Waals surface area contributed by atoms with Gasteiger partial charge in [-0.05, 0) is 20.8 Å². The molecule has 1 saturated heterocycles. The highest BCUT2D eigenvalue weighted by atomic mass is 16.5. The van der Waals surface area contributed by atoms with Crippen LogP contribution in [-0.2, 0) is 9.47 Å². The lowest BCUT2D eigenvalue weighted by Crippen LogP contribution is -2.33. The Kier molecular flexibility index (Phi) is 3.76. The van der Waals surface area contributed by atoms with Crippen LogP contribution in [0.2, 0.25) is 0 Å². The Morgan fingerprint density at radius 2 is 2.27 bits per heavy atom. The van der Waals surface area contributed by atoms with Gasteiger partial charge in [0.25, 0.3) is 0 Å². The number of ether oxygens (including phenoxy) is 2. The SMILES string of the molecule is C=C1C(OCC(C)OC)CC(C)(C)N1O. The van der Waals surface area contributed by atoms with Crippen molar-refractivity contribution in [1.82, 2.24) is 5.06 Å². The standard InChI is InChI=1S/C11H21NO3/c1-8(14-5)7-15-10-6-11(3,4)12(13)9(10)2/h8,10,13H,2,6-7H2,1,3-5H3. The average Bonchev–Trinajstić information content (AvgIpc) is 2.38. The van der Waals surface area contributed by atoms with Crippen LogP contribution in [0.4, 0.5) is 0 Å². The third-order valence-corrected chi connectivity index (χ3v) is 2.84. The Hall–Kier alpha value is -0.580. The Morgan fingerprint density at radius 3 is 2.67 bits per heavy atom. The quantitative estimate of drug-likeness (QED) is 0.776. The fourth-order valence-corrected chi connectivity index (χ4v) is 1.66. The van der Waals surface area contributed by atoms with Crippen molar-refractivity contribution in [3.63, 3.8) is 0 Å². The van der Waals surface area contributed by atoms with E-state index in [0.29, 0.717) is 12.3 Å². The van der Waals surface area contributed by atoms with Crippen molar-refractivity contribution in [2.75, 3.05) is 13.7 Å². The van der Waals surface area contributed by atoms with Crippen molar-refractivity contribution in [3.05, 3.63) is 12.3 Å². The molecule has 1 aliphatic heterocycles. The Bertz CT molecular complexity index is 240. The summed E-state index contributed by atoms with van der Waals surface area (Å²) in [5.41, 5.74) is 0.334. The molecule has 2 atom stereocenters. The highest BCUT2D eigenvalue weighted by Crippen LogP contribution is 2.35. The minimum atomic E-state index is -0.294. The molecule has 4 nitrogen and oxygen atoms in total. The third-order valence-electron chi connectivity index (χ3n) is 2.84. The van der Waals surface area contributed by atoms with E-state index < -0.39 is 0 Å². The van der Waals surface area contributed by atoms with Crippen LogP contribution in [0.15, 0.2) is 12.3 Å². The maximum absolute atomic E-state index is 9.74. The summed E-state index contributed by atoms with van der Waals surface area (Å²) in [7, 11) is 1.65. The molecule has 1 heterocycles. The van der Waals surface area contributed by atoms with E-state index >= 15 is 0 Å². The first-order chi connectivity index (χ1) is 6.88. The van der Waals surface area contributed by atoms with Crippen LogP contribution in [0.1, 0.15) is 27.2 Å². The molecule has 0 bridgehead atoms. The lowest BCUT2D eigenvalue weighted by atomic mass is 10.0. The van der Waals surface area contributed by atoms with Crippen LogP contribution in [0.3, 0.4) is 0 Å². The van der Waals surface area contributed by atoms with Crippen molar-refractivity contribution in [1.29, 1.82) is 0 Å². The van der Waals surface area contributed by atoms with Crippen molar-refractivity contribution in [2.24, 2.45) is 0 Å². The molecule has 1 N–H and O–H groups in total. The molecule has 0 spiro atoms. The monoisotopic (exact) mass is 215 g/mol. The minimum absolute atomic E-state index is 0.0636. The van der Waals surface area contributed by atoms with Crippen LogP contribution in [0.5, 0.6) is 0 Å². The highest BCUT2D eigenvalue weighted by molar-refractivity contribution is 5.12. The zero-order valence-corrected chi connectivity index (χ0v) is 9.99. The summed E-state index contributed by atoms with van der Waals surface area (Å²) in [6, 6.07) is 0. The summed E-state index contributed by atoms with van der Waals surface area (Å²) in [5.74, 6) is 0. The van der Waals surface area contributed by atoms with Gasteiger partial charge in [0.1, 0.15) is 6.10 Å². The van der Waals surface area contributed by atoms with E-state index in [0.717, 1.165) is 6.42 Å². The molecule has 0 aromatic carbocycles. The van der Waals surface area contributed by atoms with Crippen LogP contribution in [0.25, 0.3) is 0 Å². The first-order valence-electron chi connectivity index (χ1n) is 5.21. The number of hydrogen-bond donors (Lipinski definition) is 1. The van der Waals surface area contributed by atoms with Gasteiger partial charge in [0.2, 0.25) is 0 Å². The third kappa shape index (κ3) is 2.71. The molecule has 0 aliphatic carbocycles. The van der Waals surface area contributed by atoms with E-state index in [1.807, 2.05) is 20.8 Å². The van der Waals surface area contributed by atoms with E-state index in [2.05, 4.69) is 6.58 Å². The number of hydroxylamine groups is 2. The fourth-order valence-electron chi connectivity index (χ4n) is 1.66. The fraction of sp³-hybridized carbons (Fsp3) is 0.818. The second-order valence-corrected chi connectivity index (χ2v) is 4.69. The van der Waals surface area contributed by atoms with Gasteiger partial charge in [0, 0.05) is 13.5 Å². The molecule has 1 aliphatic rings. The van der Waals surface area contributed by atoms with E-state index in [1.165, 1.54) is 5.06 Å². The molecular weight excluding hydrogens is 194 g/mol.